The Labute approximate surface area is 562 Å². The summed E-state index contributed by atoms with van der Waals surface area (Å²) in [5, 5.41) is 0. The topological polar surface area (TPSA) is 0 Å². The summed E-state index contributed by atoms with van der Waals surface area (Å²) < 4.78 is 2.86. The van der Waals surface area contributed by atoms with Gasteiger partial charge in [0.15, 0.2) is 0 Å². The Morgan fingerprint density at radius 2 is 0.651 bits per heavy atom. The molecule has 0 aliphatic heterocycles. The van der Waals surface area contributed by atoms with Crippen molar-refractivity contribution in [2.75, 3.05) is 0 Å². The molecule has 440 valence electrons. The first-order chi connectivity index (χ1) is 39.6. The summed E-state index contributed by atoms with van der Waals surface area (Å²) in [5.74, 6) is 0. The number of fused-ring (bicyclic) bond motifs is 6. The molecule has 0 unspecified atom stereocenters. The zero-order chi connectivity index (χ0) is 61.0. The van der Waals surface area contributed by atoms with Gasteiger partial charge in [-0.05, 0) is 34.8 Å². The minimum atomic E-state index is 0. The van der Waals surface area contributed by atoms with Crippen LogP contribution in [0.2, 0.25) is 0 Å². The van der Waals surface area contributed by atoms with E-state index in [0.29, 0.717) is 0 Å². The quantitative estimate of drug-likeness (QED) is 0.154. The van der Waals surface area contributed by atoms with Crippen molar-refractivity contribution in [2.24, 2.45) is 0 Å². The van der Waals surface area contributed by atoms with Crippen LogP contribution in [0.5, 0.6) is 0 Å². The van der Waals surface area contributed by atoms with Gasteiger partial charge in [0.25, 0.3) is 0 Å². The molecule has 0 saturated heterocycles. The van der Waals surface area contributed by atoms with Crippen LogP contribution in [-0.4, -0.2) is 6.41 Å². The molecule has 0 aromatic heterocycles. The minimum Gasteiger partial charge on any atom is -1.00 e. The Bertz CT molecular complexity index is 3250. The fourth-order valence-electron chi connectivity index (χ4n) is 10.2. The molecule has 86 heavy (non-hydrogen) atoms. The fraction of sp³-hybridized carbons (Fsp3) is 0.293. The number of hydrogen-bond acceptors (Lipinski definition) is 0. The molecular formula is C82H88Cl2Zr2-2. The molecule has 0 nitrogen and oxygen atoms in total. The van der Waals surface area contributed by atoms with Crippen LogP contribution in [-0.2, 0) is 83.0 Å². The molecule has 8 aromatic carbocycles. The maximum atomic E-state index is 3.53. The smallest absolute Gasteiger partial charge is 0.109 e. The first-order valence-electron chi connectivity index (χ1n) is 29.9. The zero-order valence-electron chi connectivity index (χ0n) is 54.1. The number of benzene rings is 8. The summed E-state index contributed by atoms with van der Waals surface area (Å²) in [7, 11) is 0. The molecule has 4 aliphatic carbocycles. The van der Waals surface area contributed by atoms with Crippen LogP contribution in [0.25, 0.3) is 22.3 Å². The molecule has 0 heterocycles. The Kier molecular flexibility index (Phi) is 26.5. The zero-order valence-corrected chi connectivity index (χ0v) is 60.5. The van der Waals surface area contributed by atoms with Crippen molar-refractivity contribution in [3.8, 4) is 22.3 Å². The molecular weight excluding hydrogens is 1240 g/mol. The molecule has 4 heteroatoms. The van der Waals surface area contributed by atoms with Crippen LogP contribution in [0.15, 0.2) is 194 Å². The number of halogens is 2. The van der Waals surface area contributed by atoms with Crippen molar-refractivity contribution in [2.45, 2.75) is 158 Å². The van der Waals surface area contributed by atoms with E-state index < -0.39 is 0 Å². The Morgan fingerprint density at radius 1 is 0.360 bits per heavy atom. The summed E-state index contributed by atoms with van der Waals surface area (Å²) in [5.41, 5.74) is 28.2. The van der Waals surface area contributed by atoms with Gasteiger partial charge in [-0.1, -0.05) is 153 Å². The maximum absolute atomic E-state index is 3.53. The van der Waals surface area contributed by atoms with Gasteiger partial charge >= 0.3 is 224 Å². The van der Waals surface area contributed by atoms with Crippen LogP contribution in [0.3, 0.4) is 0 Å². The molecule has 0 saturated carbocycles. The summed E-state index contributed by atoms with van der Waals surface area (Å²) in [6.45, 7) is 35.9. The van der Waals surface area contributed by atoms with E-state index in [1.165, 1.54) is 166 Å². The first-order valence-corrected chi connectivity index (χ1v) is 32.4. The van der Waals surface area contributed by atoms with E-state index in [1.54, 1.807) is 0 Å². The van der Waals surface area contributed by atoms with Crippen molar-refractivity contribution in [1.82, 2.24) is 0 Å². The van der Waals surface area contributed by atoms with Crippen molar-refractivity contribution in [3.05, 3.63) is 307 Å². The fourth-order valence-corrected chi connectivity index (χ4v) is 11.7. The van der Waals surface area contributed by atoms with Gasteiger partial charge in [-0.25, -0.2) is 24.3 Å². The van der Waals surface area contributed by atoms with Crippen LogP contribution < -0.4 is 24.8 Å². The molecule has 0 fully saturated rings. The van der Waals surface area contributed by atoms with E-state index >= 15 is 0 Å². The van der Waals surface area contributed by atoms with E-state index in [0.717, 1.165) is 25.7 Å². The molecule has 0 bridgehead atoms. The second-order valence-corrected chi connectivity index (χ2v) is 29.4. The monoisotopic (exact) mass is 1320 g/mol. The molecule has 0 atom stereocenters. The molecule has 0 N–H and O–H groups in total. The first kappa shape index (κ1) is 71.6. The van der Waals surface area contributed by atoms with Crippen molar-refractivity contribution in [1.29, 1.82) is 0 Å². The van der Waals surface area contributed by atoms with Crippen LogP contribution in [0.1, 0.15) is 185 Å². The SMILES string of the molecule is CC(C)(C)c1c[c-]c2c(c1)-c1cc(C(C)(C)C)ccc1C2.CC(C)(C)c1c[c-]c2c(c1)-c1cc(C(C)(C)C)ccc1C2.Cc1cccc([C](=[Zr+2])c2cccc(C)c2)c1.Cc1cccc([C](=[Zr+2])c2cccc(C)c2)c1.[C-]1=CC=CC1.[C-]1=CC=CC1.[Cl-].[Cl-]. The summed E-state index contributed by atoms with van der Waals surface area (Å²) in [6, 6.07) is 65.0. The predicted molar refractivity (Wildman–Crippen MR) is 356 cm³/mol. The van der Waals surface area contributed by atoms with Crippen molar-refractivity contribution in [3.63, 3.8) is 0 Å². The number of allylic oxidation sites excluding steroid dienone is 8. The van der Waals surface area contributed by atoms with Gasteiger partial charge in [0.2, 0.25) is 0 Å². The number of hydrogen-bond donors (Lipinski definition) is 0. The van der Waals surface area contributed by atoms with Gasteiger partial charge < -0.3 is 24.8 Å². The Morgan fingerprint density at radius 3 is 0.884 bits per heavy atom. The van der Waals surface area contributed by atoms with Gasteiger partial charge in [-0.15, -0.1) is 24.0 Å². The van der Waals surface area contributed by atoms with E-state index in [-0.39, 0.29) is 46.5 Å². The Balaban J connectivity index is 0.000000198. The molecule has 0 amide bonds. The maximum Gasteiger partial charge on any atom is -0.109 e. The second-order valence-electron chi connectivity index (χ2n) is 26.9. The molecule has 4 aliphatic rings. The average Bonchev–Trinajstić information content (AvgIpc) is 1.75. The van der Waals surface area contributed by atoms with E-state index in [9.17, 15) is 0 Å². The number of rotatable bonds is 4. The summed E-state index contributed by atoms with van der Waals surface area (Å²) >= 11 is 2.93. The third-order valence-corrected chi connectivity index (χ3v) is 18.3. The average molecular weight is 1330 g/mol. The Hall–Kier alpha value is -5.19. The van der Waals surface area contributed by atoms with Gasteiger partial charge in [-0.2, -0.15) is 70.8 Å². The minimum absolute atomic E-state index is 0. The van der Waals surface area contributed by atoms with Crippen molar-refractivity contribution >= 4 is 6.41 Å². The summed E-state index contributed by atoms with van der Waals surface area (Å²) in [6.07, 6.45) is 22.1. The second kappa shape index (κ2) is 31.8. The van der Waals surface area contributed by atoms with E-state index in [1.807, 2.05) is 24.3 Å². The van der Waals surface area contributed by atoms with Crippen LogP contribution >= 0.6 is 0 Å². The normalized spacial score (nSPS) is 12.7. The molecule has 0 spiro atoms. The van der Waals surface area contributed by atoms with Crippen LogP contribution in [0, 0.1) is 52.0 Å². The largest absolute Gasteiger partial charge is 1.00 e. The van der Waals surface area contributed by atoms with Gasteiger partial charge in [0.1, 0.15) is 0 Å². The van der Waals surface area contributed by atoms with Crippen molar-refractivity contribution < 1.29 is 73.3 Å². The van der Waals surface area contributed by atoms with Gasteiger partial charge in [-0.3, -0.25) is 12.2 Å². The predicted octanol–water partition coefficient (Wildman–Crippen LogP) is 14.8. The standard InChI is InChI=1S/2C21H25.2C15H14.2C5H5.2ClH.2Zr/c2*1-20(2,3)16-9-7-14-11-15-8-10-17(21(4,5)6)13-19(15)18(14)12-16;2*1-12-5-3-7-14(9-12)11-15-8-4-6-13(2)10-15;2*1-2-4-5-3-1;;;;/h2*7,9-10,12-13H,11H2,1-6H3;2*3-10H,1-2H3;2*1-3H,4H2;2*1H;;/q2*-1;;;2*-1;;;2*+2/p-2. The third kappa shape index (κ3) is 20.4. The van der Waals surface area contributed by atoms with Crippen LogP contribution in [0.4, 0.5) is 0 Å². The van der Waals surface area contributed by atoms with E-state index in [4.69, 9.17) is 0 Å². The summed E-state index contributed by atoms with van der Waals surface area (Å²) in [4.78, 5) is 0. The van der Waals surface area contributed by atoms with Gasteiger partial charge in [0.05, 0.1) is 0 Å². The molecule has 8 aromatic rings. The third-order valence-electron chi connectivity index (χ3n) is 15.5. The van der Waals surface area contributed by atoms with E-state index in [2.05, 4.69) is 305 Å². The molecule has 0 radical (unpaired) electrons. The molecule has 12 rings (SSSR count). The number of aryl methyl sites for hydroxylation is 4. The van der Waals surface area contributed by atoms with Gasteiger partial charge in [0, 0.05) is 0 Å².